The number of carbonyl (C=O) groups excluding carboxylic acids is 1. The first-order valence-electron chi connectivity index (χ1n) is 5.23. The Hall–Kier alpha value is -0.320. The number of Topliss-reactive ketones (excluding diaryl/α,β-unsaturated/α-hetero) is 1. The van der Waals surface area contributed by atoms with Gasteiger partial charge in [-0.3, -0.25) is 4.79 Å². The van der Waals surface area contributed by atoms with Crippen LogP contribution in [0.1, 0.15) is 15.9 Å². The Morgan fingerprint density at radius 3 is 2.24 bits per heavy atom. The summed E-state index contributed by atoms with van der Waals surface area (Å²) in [4.78, 5) is 11.6. The highest BCUT2D eigenvalue weighted by atomic mass is 79.9. The molecule has 4 heteroatoms. The van der Waals surface area contributed by atoms with Crippen molar-refractivity contribution in [2.75, 3.05) is 32.4 Å². The van der Waals surface area contributed by atoms with Crippen molar-refractivity contribution in [3.63, 3.8) is 0 Å². The topological polar surface area (TPSA) is 29.1 Å². The number of carbonyl (C=O) groups is 1. The maximum absolute atomic E-state index is 11.6. The van der Waals surface area contributed by atoms with Gasteiger partial charge in [-0.15, -0.1) is 0 Å². The molecule has 0 fully saturated rings. The fourth-order valence-corrected chi connectivity index (χ4v) is 1.86. The molecule has 1 rings (SSSR count). The Kier molecular flexibility index (Phi) is 12.1. The average Bonchev–Trinajstić information content (AvgIpc) is 2.18. The molecular formula is C13H22BrNOS. The molecule has 0 heterocycles. The van der Waals surface area contributed by atoms with Gasteiger partial charge in [0.25, 0.3) is 0 Å². The van der Waals surface area contributed by atoms with Gasteiger partial charge in [0.1, 0.15) is 0 Å². The monoisotopic (exact) mass is 319 g/mol. The molecule has 17 heavy (non-hydrogen) atoms. The van der Waals surface area contributed by atoms with E-state index in [1.54, 1.807) is 0 Å². The minimum atomic E-state index is 0. The van der Waals surface area contributed by atoms with Gasteiger partial charge in [0, 0.05) is 5.56 Å². The van der Waals surface area contributed by atoms with E-state index in [0.29, 0.717) is 5.75 Å². The normalized spacial score (nSPS) is 9.06. The van der Waals surface area contributed by atoms with E-state index in [9.17, 15) is 4.79 Å². The van der Waals surface area contributed by atoms with Gasteiger partial charge in [0.2, 0.25) is 5.78 Å². The SMILES string of the molecule is CNC.Cc1cccc(C(=O)C[S+](C)C)c1.[Br-]. The molecule has 0 unspecified atom stereocenters. The van der Waals surface area contributed by atoms with Crippen molar-refractivity contribution < 1.29 is 21.8 Å². The number of aryl methyl sites for hydroxylation is 1. The lowest BCUT2D eigenvalue weighted by Gasteiger charge is -1.99. The third-order valence-electron chi connectivity index (χ3n) is 1.76. The lowest BCUT2D eigenvalue weighted by molar-refractivity contribution is -0.0000115. The van der Waals surface area contributed by atoms with Crippen LogP contribution < -0.4 is 22.3 Å². The molecule has 0 aromatic heterocycles. The number of halogens is 1. The van der Waals surface area contributed by atoms with E-state index in [0.717, 1.165) is 11.1 Å². The van der Waals surface area contributed by atoms with Crippen LogP contribution in [0.2, 0.25) is 0 Å². The standard InChI is InChI=1S/C11H15OS.C2H7N.BrH/c1-9-5-4-6-10(7-9)11(12)8-13(2)3;1-3-2;/h4-7H,8H2,1-3H3;3H,1-2H3;1H/q+1;;/p-1. The van der Waals surface area contributed by atoms with Crippen LogP contribution in [0.25, 0.3) is 0 Å². The Morgan fingerprint density at radius 1 is 1.29 bits per heavy atom. The van der Waals surface area contributed by atoms with E-state index >= 15 is 0 Å². The molecule has 0 amide bonds. The molecule has 0 saturated carbocycles. The van der Waals surface area contributed by atoms with Crippen LogP contribution in [0.4, 0.5) is 0 Å². The molecule has 1 aromatic rings. The highest BCUT2D eigenvalue weighted by Crippen LogP contribution is 2.05. The number of benzene rings is 1. The molecule has 0 bridgehead atoms. The van der Waals surface area contributed by atoms with E-state index < -0.39 is 0 Å². The fourth-order valence-electron chi connectivity index (χ4n) is 1.16. The van der Waals surface area contributed by atoms with Gasteiger partial charge in [0.15, 0.2) is 5.75 Å². The Balaban J connectivity index is 0. The van der Waals surface area contributed by atoms with Crippen molar-refractivity contribution in [2.24, 2.45) is 0 Å². The Morgan fingerprint density at radius 2 is 1.82 bits per heavy atom. The van der Waals surface area contributed by atoms with Crippen LogP contribution in [-0.2, 0) is 10.9 Å². The third-order valence-corrected chi connectivity index (χ3v) is 2.60. The first kappa shape index (κ1) is 19.0. The zero-order valence-electron chi connectivity index (χ0n) is 11.2. The molecule has 0 radical (unpaired) electrons. The number of hydrogen-bond acceptors (Lipinski definition) is 2. The van der Waals surface area contributed by atoms with Crippen LogP contribution in [0.15, 0.2) is 24.3 Å². The highest BCUT2D eigenvalue weighted by molar-refractivity contribution is 7.96. The van der Waals surface area contributed by atoms with Crippen molar-refractivity contribution >= 4 is 16.7 Å². The Labute approximate surface area is 118 Å². The second-order valence-electron chi connectivity index (χ2n) is 3.92. The van der Waals surface area contributed by atoms with Gasteiger partial charge in [-0.25, -0.2) is 0 Å². The van der Waals surface area contributed by atoms with Crippen LogP contribution in [0.3, 0.4) is 0 Å². The summed E-state index contributed by atoms with van der Waals surface area (Å²) in [5.74, 6) is 0.931. The summed E-state index contributed by atoms with van der Waals surface area (Å²) in [5, 5.41) is 2.75. The first-order valence-corrected chi connectivity index (χ1v) is 7.44. The van der Waals surface area contributed by atoms with Crippen molar-refractivity contribution in [3.8, 4) is 0 Å². The maximum Gasteiger partial charge on any atom is 0.211 e. The van der Waals surface area contributed by atoms with Crippen molar-refractivity contribution in [1.82, 2.24) is 5.32 Å². The number of hydrogen-bond donors (Lipinski definition) is 1. The molecule has 0 spiro atoms. The second kappa shape index (κ2) is 10.8. The summed E-state index contributed by atoms with van der Waals surface area (Å²) < 4.78 is 0. The maximum atomic E-state index is 11.6. The number of nitrogens with one attached hydrogen (secondary N) is 1. The summed E-state index contributed by atoms with van der Waals surface area (Å²) >= 11 is 0. The fraction of sp³-hybridized carbons (Fsp3) is 0.462. The van der Waals surface area contributed by atoms with E-state index in [1.807, 2.05) is 45.3 Å². The quantitative estimate of drug-likeness (QED) is 0.566. The predicted molar refractivity (Wildman–Crippen MR) is 74.6 cm³/mol. The van der Waals surface area contributed by atoms with Crippen molar-refractivity contribution in [2.45, 2.75) is 6.92 Å². The molecule has 98 valence electrons. The van der Waals surface area contributed by atoms with Crippen molar-refractivity contribution in [3.05, 3.63) is 35.4 Å². The molecule has 0 saturated heterocycles. The van der Waals surface area contributed by atoms with Crippen LogP contribution in [0, 0.1) is 6.92 Å². The van der Waals surface area contributed by atoms with Gasteiger partial charge < -0.3 is 22.3 Å². The molecular weight excluding hydrogens is 298 g/mol. The summed E-state index contributed by atoms with van der Waals surface area (Å²) in [6, 6.07) is 7.79. The second-order valence-corrected chi connectivity index (χ2v) is 6.18. The van der Waals surface area contributed by atoms with Crippen LogP contribution in [0.5, 0.6) is 0 Å². The van der Waals surface area contributed by atoms with E-state index in [-0.39, 0.29) is 33.7 Å². The summed E-state index contributed by atoms with van der Waals surface area (Å²) in [5.41, 5.74) is 2.00. The number of ketones is 1. The molecule has 0 aliphatic carbocycles. The minimum absolute atomic E-state index is 0. The third kappa shape index (κ3) is 9.39. The van der Waals surface area contributed by atoms with Gasteiger partial charge >= 0.3 is 0 Å². The molecule has 2 nitrogen and oxygen atoms in total. The number of rotatable bonds is 3. The molecule has 1 aromatic carbocycles. The summed E-state index contributed by atoms with van der Waals surface area (Å²) in [6.07, 6.45) is 4.18. The zero-order chi connectivity index (χ0) is 12.6. The van der Waals surface area contributed by atoms with E-state index in [4.69, 9.17) is 0 Å². The largest absolute Gasteiger partial charge is 1.00 e. The average molecular weight is 320 g/mol. The van der Waals surface area contributed by atoms with Gasteiger partial charge in [-0.05, 0) is 38.0 Å². The summed E-state index contributed by atoms with van der Waals surface area (Å²) in [6.45, 7) is 2.01. The zero-order valence-corrected chi connectivity index (χ0v) is 13.6. The highest BCUT2D eigenvalue weighted by Gasteiger charge is 2.13. The summed E-state index contributed by atoms with van der Waals surface area (Å²) in [7, 11) is 3.95. The predicted octanol–water partition coefficient (Wildman–Crippen LogP) is -1.10. The van der Waals surface area contributed by atoms with E-state index in [1.165, 1.54) is 0 Å². The smallest absolute Gasteiger partial charge is 0.211 e. The van der Waals surface area contributed by atoms with E-state index in [2.05, 4.69) is 17.8 Å². The van der Waals surface area contributed by atoms with Crippen LogP contribution in [-0.4, -0.2) is 38.1 Å². The van der Waals surface area contributed by atoms with Gasteiger partial charge in [-0.1, -0.05) is 23.8 Å². The van der Waals surface area contributed by atoms with Crippen molar-refractivity contribution in [1.29, 1.82) is 0 Å². The molecule has 0 aliphatic rings. The molecule has 0 aliphatic heterocycles. The molecule has 1 N–H and O–H groups in total. The van der Waals surface area contributed by atoms with Crippen LogP contribution >= 0.6 is 0 Å². The Bertz CT molecular complexity index is 329. The lowest BCUT2D eigenvalue weighted by Crippen LogP contribution is -3.00. The van der Waals surface area contributed by atoms with Gasteiger partial charge in [-0.2, -0.15) is 0 Å². The first-order chi connectivity index (χ1) is 7.51. The van der Waals surface area contributed by atoms with Gasteiger partial charge in [0.05, 0.1) is 12.5 Å². The lowest BCUT2D eigenvalue weighted by atomic mass is 10.1. The minimum Gasteiger partial charge on any atom is -1.00 e. The molecule has 0 atom stereocenters.